The van der Waals surface area contributed by atoms with E-state index in [1.54, 1.807) is 11.8 Å². The summed E-state index contributed by atoms with van der Waals surface area (Å²) in [5, 5.41) is 3.26. The molecule has 0 aliphatic carbocycles. The van der Waals surface area contributed by atoms with E-state index in [1.807, 2.05) is 0 Å². The predicted molar refractivity (Wildman–Crippen MR) is 68.5 cm³/mol. The molecule has 3 nitrogen and oxygen atoms in total. The lowest BCUT2D eigenvalue weighted by Gasteiger charge is -2.13. The Balaban J connectivity index is 2.45. The molecule has 0 aliphatic rings. The van der Waals surface area contributed by atoms with E-state index in [-0.39, 0.29) is 11.9 Å². The average molecular weight is 238 g/mol. The van der Waals surface area contributed by atoms with Gasteiger partial charge in [0.05, 0.1) is 0 Å². The van der Waals surface area contributed by atoms with E-state index in [9.17, 15) is 4.79 Å². The Kier molecular flexibility index (Phi) is 5.35. The summed E-state index contributed by atoms with van der Waals surface area (Å²) in [6, 6.07) is 8.66. The van der Waals surface area contributed by atoms with Crippen molar-refractivity contribution in [2.24, 2.45) is 5.73 Å². The summed E-state index contributed by atoms with van der Waals surface area (Å²) >= 11 is 1.73. The van der Waals surface area contributed by atoms with Crippen molar-refractivity contribution in [1.29, 1.82) is 0 Å². The molecule has 0 aliphatic heterocycles. The number of rotatable bonds is 6. The number of thioether (sulfide) groups is 1. The zero-order valence-corrected chi connectivity index (χ0v) is 10.5. The maximum absolute atomic E-state index is 10.6. The van der Waals surface area contributed by atoms with Crippen LogP contribution in [0.2, 0.25) is 0 Å². The molecule has 16 heavy (non-hydrogen) atoms. The van der Waals surface area contributed by atoms with Gasteiger partial charge in [0, 0.05) is 23.9 Å². The Hall–Kier alpha value is -1.00. The molecule has 0 saturated heterocycles. The topological polar surface area (TPSA) is 55.1 Å². The van der Waals surface area contributed by atoms with Gasteiger partial charge in [-0.2, -0.15) is 0 Å². The SMILES string of the molecule is CSc1ccc(C(C)NCCC(N)=O)cc1. The second kappa shape index (κ2) is 6.55. The van der Waals surface area contributed by atoms with Crippen LogP contribution in [0, 0.1) is 0 Å². The number of amides is 1. The summed E-state index contributed by atoms with van der Waals surface area (Å²) in [5.74, 6) is -0.266. The van der Waals surface area contributed by atoms with Gasteiger partial charge in [-0.05, 0) is 30.9 Å². The third kappa shape index (κ3) is 4.24. The highest BCUT2D eigenvalue weighted by Crippen LogP contribution is 2.18. The fraction of sp³-hybridized carbons (Fsp3) is 0.417. The van der Waals surface area contributed by atoms with Crippen molar-refractivity contribution in [3.63, 3.8) is 0 Å². The number of primary amides is 1. The first-order valence-electron chi connectivity index (χ1n) is 5.29. The van der Waals surface area contributed by atoms with E-state index in [4.69, 9.17) is 5.73 Å². The number of benzene rings is 1. The van der Waals surface area contributed by atoms with Gasteiger partial charge in [0.15, 0.2) is 0 Å². The van der Waals surface area contributed by atoms with Gasteiger partial charge in [0.2, 0.25) is 5.91 Å². The molecule has 0 heterocycles. The van der Waals surface area contributed by atoms with Gasteiger partial charge < -0.3 is 11.1 Å². The second-order valence-electron chi connectivity index (χ2n) is 3.67. The smallest absolute Gasteiger partial charge is 0.218 e. The van der Waals surface area contributed by atoms with Crippen molar-refractivity contribution in [3.8, 4) is 0 Å². The number of hydrogen-bond donors (Lipinski definition) is 2. The molecule has 0 radical (unpaired) electrons. The molecule has 1 atom stereocenters. The Bertz CT molecular complexity index is 337. The van der Waals surface area contributed by atoms with Crippen LogP contribution in [-0.2, 0) is 4.79 Å². The molecule has 0 saturated carbocycles. The van der Waals surface area contributed by atoms with Crippen LogP contribution in [0.25, 0.3) is 0 Å². The number of carbonyl (C=O) groups is 1. The number of hydrogen-bond acceptors (Lipinski definition) is 3. The maximum atomic E-state index is 10.6. The molecule has 4 heteroatoms. The van der Waals surface area contributed by atoms with Gasteiger partial charge in [-0.1, -0.05) is 12.1 Å². The largest absolute Gasteiger partial charge is 0.370 e. The lowest BCUT2D eigenvalue weighted by Crippen LogP contribution is -2.24. The molecule has 1 rings (SSSR count). The van der Waals surface area contributed by atoms with E-state index in [1.165, 1.54) is 10.5 Å². The summed E-state index contributed by atoms with van der Waals surface area (Å²) in [5.41, 5.74) is 6.30. The van der Waals surface area contributed by atoms with Crippen LogP contribution in [0.3, 0.4) is 0 Å². The molecule has 3 N–H and O–H groups in total. The van der Waals surface area contributed by atoms with Gasteiger partial charge >= 0.3 is 0 Å². The van der Waals surface area contributed by atoms with E-state index in [0.717, 1.165) is 0 Å². The monoisotopic (exact) mass is 238 g/mol. The minimum atomic E-state index is -0.266. The van der Waals surface area contributed by atoms with Crippen molar-refractivity contribution in [2.45, 2.75) is 24.3 Å². The van der Waals surface area contributed by atoms with Gasteiger partial charge in [-0.15, -0.1) is 11.8 Å². The van der Waals surface area contributed by atoms with E-state index < -0.39 is 0 Å². The van der Waals surface area contributed by atoms with Gasteiger partial charge in [0.1, 0.15) is 0 Å². The Morgan fingerprint density at radius 3 is 2.56 bits per heavy atom. The Labute approximate surface area is 101 Å². The standard InChI is InChI=1S/C12H18N2OS/c1-9(14-8-7-12(13)15)10-3-5-11(16-2)6-4-10/h3-6,9,14H,7-8H2,1-2H3,(H2,13,15). The first kappa shape index (κ1) is 13.1. The van der Waals surface area contributed by atoms with Gasteiger partial charge in [-0.3, -0.25) is 4.79 Å². The molecular weight excluding hydrogens is 220 g/mol. The van der Waals surface area contributed by atoms with Crippen molar-refractivity contribution >= 4 is 17.7 Å². The van der Waals surface area contributed by atoms with E-state index in [2.05, 4.69) is 42.8 Å². The zero-order chi connectivity index (χ0) is 12.0. The van der Waals surface area contributed by atoms with Crippen LogP contribution in [-0.4, -0.2) is 18.7 Å². The number of carbonyl (C=O) groups excluding carboxylic acids is 1. The van der Waals surface area contributed by atoms with Crippen LogP contribution in [0.4, 0.5) is 0 Å². The molecule has 1 amide bonds. The molecule has 1 aromatic carbocycles. The molecule has 1 aromatic rings. The fourth-order valence-electron chi connectivity index (χ4n) is 1.42. The fourth-order valence-corrected chi connectivity index (χ4v) is 1.83. The maximum Gasteiger partial charge on any atom is 0.218 e. The highest BCUT2D eigenvalue weighted by Gasteiger charge is 2.04. The summed E-state index contributed by atoms with van der Waals surface area (Å²) in [4.78, 5) is 11.8. The minimum Gasteiger partial charge on any atom is -0.370 e. The Morgan fingerprint density at radius 1 is 1.44 bits per heavy atom. The summed E-state index contributed by atoms with van der Waals surface area (Å²) < 4.78 is 0. The third-order valence-electron chi connectivity index (χ3n) is 2.44. The molecule has 0 bridgehead atoms. The molecule has 0 aromatic heterocycles. The van der Waals surface area contributed by atoms with Crippen molar-refractivity contribution in [2.75, 3.05) is 12.8 Å². The molecule has 1 unspecified atom stereocenters. The highest BCUT2D eigenvalue weighted by atomic mass is 32.2. The van der Waals surface area contributed by atoms with Crippen LogP contribution in [0.5, 0.6) is 0 Å². The number of nitrogens with one attached hydrogen (secondary N) is 1. The van der Waals surface area contributed by atoms with Gasteiger partial charge in [-0.25, -0.2) is 0 Å². The highest BCUT2D eigenvalue weighted by molar-refractivity contribution is 7.98. The lowest BCUT2D eigenvalue weighted by molar-refractivity contribution is -0.117. The molecule has 0 spiro atoms. The van der Waals surface area contributed by atoms with Crippen LogP contribution in [0.1, 0.15) is 24.9 Å². The summed E-state index contributed by atoms with van der Waals surface area (Å²) in [6.07, 6.45) is 2.44. The van der Waals surface area contributed by atoms with Crippen molar-refractivity contribution in [1.82, 2.24) is 5.32 Å². The number of nitrogens with two attached hydrogens (primary N) is 1. The first-order valence-corrected chi connectivity index (χ1v) is 6.51. The molecule has 88 valence electrons. The normalized spacial score (nSPS) is 12.4. The van der Waals surface area contributed by atoms with E-state index >= 15 is 0 Å². The summed E-state index contributed by atoms with van der Waals surface area (Å²) in [6.45, 7) is 2.70. The summed E-state index contributed by atoms with van der Waals surface area (Å²) in [7, 11) is 0. The lowest BCUT2D eigenvalue weighted by atomic mass is 10.1. The molecular formula is C12H18N2OS. The van der Waals surface area contributed by atoms with Gasteiger partial charge in [0.25, 0.3) is 0 Å². The predicted octanol–water partition coefficient (Wildman–Crippen LogP) is 1.93. The quantitative estimate of drug-likeness (QED) is 0.745. The van der Waals surface area contributed by atoms with Crippen molar-refractivity contribution in [3.05, 3.63) is 29.8 Å². The Morgan fingerprint density at radius 2 is 2.06 bits per heavy atom. The average Bonchev–Trinajstić information content (AvgIpc) is 2.28. The minimum absolute atomic E-state index is 0.246. The van der Waals surface area contributed by atoms with Crippen LogP contribution >= 0.6 is 11.8 Å². The van der Waals surface area contributed by atoms with Crippen LogP contribution in [0.15, 0.2) is 29.2 Å². The van der Waals surface area contributed by atoms with E-state index in [0.29, 0.717) is 13.0 Å². The zero-order valence-electron chi connectivity index (χ0n) is 9.69. The van der Waals surface area contributed by atoms with Crippen LogP contribution < -0.4 is 11.1 Å². The second-order valence-corrected chi connectivity index (χ2v) is 4.54. The third-order valence-corrected chi connectivity index (χ3v) is 3.18. The first-order chi connectivity index (χ1) is 7.63. The van der Waals surface area contributed by atoms with Crippen molar-refractivity contribution < 1.29 is 4.79 Å². The molecule has 0 fully saturated rings.